The molecule has 204 valence electrons. The highest BCUT2D eigenvalue weighted by Gasteiger charge is 2.37. The smallest absolute Gasteiger partial charge is 0.279 e. The Kier molecular flexibility index (Phi) is 6.19. The third-order valence-electron chi connectivity index (χ3n) is 6.23. The largest absolute Gasteiger partial charge is 0.330 e. The van der Waals surface area contributed by atoms with Gasteiger partial charge in [0.15, 0.2) is 23.1 Å². The molecule has 0 unspecified atom stereocenters. The second-order valence-electron chi connectivity index (χ2n) is 8.90. The lowest BCUT2D eigenvalue weighted by atomic mass is 10.2. The van der Waals surface area contributed by atoms with E-state index in [1.165, 1.54) is 66.8 Å². The molecule has 0 saturated heterocycles. The van der Waals surface area contributed by atoms with Gasteiger partial charge in [0.2, 0.25) is 0 Å². The van der Waals surface area contributed by atoms with E-state index >= 15 is 0 Å². The first kappa shape index (κ1) is 25.7. The summed E-state index contributed by atoms with van der Waals surface area (Å²) in [5.74, 6) is -0.129. The van der Waals surface area contributed by atoms with Gasteiger partial charge in [-0.2, -0.15) is 9.80 Å². The van der Waals surface area contributed by atoms with Crippen LogP contribution in [0, 0.1) is 0 Å². The number of sulfonamides is 1. The Balaban J connectivity index is 1.27. The van der Waals surface area contributed by atoms with Gasteiger partial charge in [-0.1, -0.05) is 12.1 Å². The second-order valence-corrected chi connectivity index (χ2v) is 10.6. The van der Waals surface area contributed by atoms with Gasteiger partial charge in [-0.15, -0.1) is 10.2 Å². The van der Waals surface area contributed by atoms with Crippen molar-refractivity contribution < 1.29 is 18.0 Å². The summed E-state index contributed by atoms with van der Waals surface area (Å²) in [4.78, 5) is 40.8. The molecule has 2 bridgehead atoms. The number of carbonyl (C=O) groups excluding carboxylic acids is 2. The quantitative estimate of drug-likeness (QED) is 0.298. The number of azo groups is 1. The first-order valence-corrected chi connectivity index (χ1v) is 13.6. The summed E-state index contributed by atoms with van der Waals surface area (Å²) in [6, 6.07) is 15.6. The van der Waals surface area contributed by atoms with E-state index in [0.29, 0.717) is 16.7 Å². The van der Waals surface area contributed by atoms with Gasteiger partial charge in [-0.3, -0.25) is 29.3 Å². The highest BCUT2D eigenvalue weighted by molar-refractivity contribution is 7.92. The van der Waals surface area contributed by atoms with Crippen molar-refractivity contribution in [2.75, 3.05) is 28.6 Å². The molecule has 0 fully saturated rings. The van der Waals surface area contributed by atoms with Crippen LogP contribution in [0.5, 0.6) is 0 Å². The van der Waals surface area contributed by atoms with Crippen molar-refractivity contribution in [2.24, 2.45) is 10.2 Å². The normalized spacial score (nSPS) is 13.3. The minimum atomic E-state index is -3.96. The van der Waals surface area contributed by atoms with Crippen LogP contribution in [0.2, 0.25) is 0 Å². The van der Waals surface area contributed by atoms with Crippen LogP contribution >= 0.6 is 0 Å². The molecular weight excluding hydrogens is 548 g/mol. The highest BCUT2D eigenvalue weighted by atomic mass is 32.2. The molecule has 41 heavy (non-hydrogen) atoms. The summed E-state index contributed by atoms with van der Waals surface area (Å²) in [5.41, 5.74) is 2.00. The molecule has 0 atom stereocenters. The third-order valence-corrected chi connectivity index (χ3v) is 7.60. The highest BCUT2D eigenvalue weighted by Crippen LogP contribution is 2.43. The number of benzene rings is 2. The zero-order valence-electron chi connectivity index (χ0n) is 21.6. The minimum Gasteiger partial charge on any atom is -0.279 e. The molecule has 0 saturated carbocycles. The molecule has 1 aliphatic heterocycles. The summed E-state index contributed by atoms with van der Waals surface area (Å²) >= 11 is 0. The van der Waals surface area contributed by atoms with Gasteiger partial charge >= 0.3 is 6.03 Å². The van der Waals surface area contributed by atoms with Crippen molar-refractivity contribution in [1.82, 2.24) is 24.7 Å². The van der Waals surface area contributed by atoms with Gasteiger partial charge in [0, 0.05) is 26.5 Å². The monoisotopic (exact) mass is 568 g/mol. The Hall–Kier alpha value is -5.57. The summed E-state index contributed by atoms with van der Waals surface area (Å²) in [5, 5.41) is 12.8. The number of amides is 2. The molecule has 0 radical (unpaired) electrons. The van der Waals surface area contributed by atoms with Crippen LogP contribution in [0.1, 0.15) is 10.4 Å². The number of hydrogen-bond acceptors (Lipinski definition) is 10. The van der Waals surface area contributed by atoms with Crippen LogP contribution in [0.4, 0.5) is 33.6 Å². The molecule has 6 rings (SSSR count). The fourth-order valence-corrected chi connectivity index (χ4v) is 5.15. The number of urea groups is 1. The number of rotatable bonds is 6. The van der Waals surface area contributed by atoms with Crippen molar-refractivity contribution in [3.05, 3.63) is 84.8 Å². The van der Waals surface area contributed by atoms with E-state index < -0.39 is 22.0 Å². The zero-order valence-corrected chi connectivity index (χ0v) is 22.4. The topological polar surface area (TPSA) is 168 Å². The van der Waals surface area contributed by atoms with Crippen LogP contribution in [0.15, 0.2) is 94.4 Å². The van der Waals surface area contributed by atoms with Gasteiger partial charge in [0.25, 0.3) is 15.9 Å². The predicted octanol–water partition coefficient (Wildman–Crippen LogP) is 4.13. The molecule has 2 aromatic carbocycles. The summed E-state index contributed by atoms with van der Waals surface area (Å²) in [6.45, 7) is 0. The lowest BCUT2D eigenvalue weighted by Crippen LogP contribution is -2.41. The fraction of sp³-hybridized carbons (Fsp3) is 0.0769. The Labute approximate surface area is 233 Å². The molecule has 0 spiro atoms. The van der Waals surface area contributed by atoms with E-state index in [2.05, 4.69) is 35.0 Å². The number of anilines is 3. The lowest BCUT2D eigenvalue weighted by molar-refractivity contribution is 0.0947. The van der Waals surface area contributed by atoms with E-state index in [9.17, 15) is 18.0 Å². The van der Waals surface area contributed by atoms with Gasteiger partial charge in [0.05, 0.1) is 33.4 Å². The zero-order chi connectivity index (χ0) is 28.7. The molecule has 14 nitrogen and oxygen atoms in total. The molecule has 1 N–H and O–H groups in total. The van der Waals surface area contributed by atoms with Crippen LogP contribution in [-0.4, -0.2) is 59.2 Å². The van der Waals surface area contributed by atoms with Crippen LogP contribution < -0.4 is 14.5 Å². The average Bonchev–Trinajstić information content (AvgIpc) is 3.34. The number of carbonyl (C=O) groups is 2. The Morgan fingerprint density at radius 3 is 2.39 bits per heavy atom. The molecule has 0 aliphatic carbocycles. The van der Waals surface area contributed by atoms with Crippen molar-refractivity contribution in [2.45, 2.75) is 4.90 Å². The van der Waals surface area contributed by atoms with Gasteiger partial charge in [-0.05, 0) is 48.5 Å². The number of nitrogens with zero attached hydrogens (tertiary/aromatic N) is 9. The van der Waals surface area contributed by atoms with Crippen LogP contribution in [0.25, 0.3) is 11.0 Å². The molecule has 4 heterocycles. The number of pyridine rings is 1. The summed E-state index contributed by atoms with van der Waals surface area (Å²) in [6.07, 6.45) is 4.28. The number of nitrogens with one attached hydrogen (secondary N) is 1. The van der Waals surface area contributed by atoms with Gasteiger partial charge in [-0.25, -0.2) is 18.2 Å². The maximum Gasteiger partial charge on any atom is 0.330 e. The Morgan fingerprint density at radius 1 is 0.902 bits per heavy atom. The van der Waals surface area contributed by atoms with Crippen LogP contribution in [0.3, 0.4) is 0 Å². The summed E-state index contributed by atoms with van der Waals surface area (Å²) in [7, 11) is -0.953. The van der Waals surface area contributed by atoms with E-state index in [1.807, 2.05) is 6.07 Å². The van der Waals surface area contributed by atoms with Gasteiger partial charge < -0.3 is 0 Å². The molecular formula is C26H20N10O4S. The van der Waals surface area contributed by atoms with E-state index in [4.69, 9.17) is 0 Å². The minimum absolute atomic E-state index is 0.0196. The van der Waals surface area contributed by atoms with Crippen molar-refractivity contribution in [1.29, 1.82) is 0 Å². The second kappa shape index (κ2) is 9.87. The molecule has 3 aromatic heterocycles. The van der Waals surface area contributed by atoms with E-state index in [0.717, 1.165) is 4.68 Å². The van der Waals surface area contributed by atoms with E-state index in [-0.39, 0.29) is 33.6 Å². The molecule has 2 amide bonds. The SMILES string of the molecule is CN1C(=O)N(C)c2c(N=Nc3ccc(S(=O)(=O)Nc4cnc5ccccc5n4)cc3)c1nn2C(=O)c1cccnc1. The van der Waals surface area contributed by atoms with Crippen molar-refractivity contribution in [3.63, 3.8) is 0 Å². The van der Waals surface area contributed by atoms with E-state index in [1.54, 1.807) is 30.3 Å². The van der Waals surface area contributed by atoms with Crippen LogP contribution in [-0.2, 0) is 10.0 Å². The Bertz CT molecular complexity index is 1960. The standard InChI is InChI=1S/C26H20N10O4S/c1-34-23-22(24(35(2)26(34)38)36(32-23)25(37)16-6-5-13-27-14-16)31-30-17-9-11-18(12-10-17)41(39,40)33-21-15-28-19-7-3-4-8-20(19)29-21/h3-15H,1-2H3,(H,29,33). The lowest BCUT2D eigenvalue weighted by Gasteiger charge is -2.26. The average molecular weight is 569 g/mol. The number of para-hydroxylation sites is 2. The van der Waals surface area contributed by atoms with Crippen molar-refractivity contribution in [3.8, 4) is 0 Å². The number of hydrogen-bond donors (Lipinski definition) is 1. The Morgan fingerprint density at radius 2 is 1.66 bits per heavy atom. The van der Waals surface area contributed by atoms with Crippen molar-refractivity contribution >= 4 is 61.8 Å². The number of fused-ring (bicyclic) bond motifs is 3. The third kappa shape index (κ3) is 4.63. The number of aromatic nitrogens is 5. The molecule has 5 aromatic rings. The predicted molar refractivity (Wildman–Crippen MR) is 149 cm³/mol. The maximum atomic E-state index is 13.1. The molecule has 15 heteroatoms. The fourth-order valence-electron chi connectivity index (χ4n) is 4.17. The molecule has 1 aliphatic rings. The summed E-state index contributed by atoms with van der Waals surface area (Å²) < 4.78 is 29.4. The first-order chi connectivity index (χ1) is 19.7. The van der Waals surface area contributed by atoms with Gasteiger partial charge in [0.1, 0.15) is 0 Å². The maximum absolute atomic E-state index is 13.1. The first-order valence-electron chi connectivity index (χ1n) is 12.1.